The summed E-state index contributed by atoms with van der Waals surface area (Å²) in [6, 6.07) is 62.9. The van der Waals surface area contributed by atoms with Crippen LogP contribution in [0, 0.1) is 0 Å². The maximum absolute atomic E-state index is 5.01. The van der Waals surface area contributed by atoms with Crippen LogP contribution in [-0.4, -0.2) is 15.0 Å². The van der Waals surface area contributed by atoms with E-state index in [4.69, 9.17) is 15.0 Å². The Bertz CT molecular complexity index is 2590. The molecule has 10 rings (SSSR count). The fourth-order valence-corrected chi connectivity index (χ4v) is 8.92. The van der Waals surface area contributed by atoms with E-state index in [2.05, 4.69) is 140 Å². The van der Waals surface area contributed by atoms with Crippen LogP contribution in [0.2, 0.25) is 0 Å². The van der Waals surface area contributed by atoms with Crippen LogP contribution in [0.4, 0.5) is 0 Å². The number of hydrogen-bond donors (Lipinski definition) is 0. The minimum Gasteiger partial charge on any atom is -0.208 e. The lowest BCUT2D eigenvalue weighted by atomic mass is 9.66. The van der Waals surface area contributed by atoms with Crippen molar-refractivity contribution in [1.82, 2.24) is 15.0 Å². The summed E-state index contributed by atoms with van der Waals surface area (Å²) in [5, 5.41) is 0. The first-order chi connectivity index (χ1) is 26.7. The Kier molecular flexibility index (Phi) is 8.06. The molecule has 0 radical (unpaired) electrons. The van der Waals surface area contributed by atoms with Gasteiger partial charge < -0.3 is 0 Å². The van der Waals surface area contributed by atoms with Gasteiger partial charge in [0.2, 0.25) is 0 Å². The molecule has 0 N–H and O–H groups in total. The molecule has 1 aromatic heterocycles. The van der Waals surface area contributed by atoms with Crippen LogP contribution in [0.15, 0.2) is 176 Å². The third kappa shape index (κ3) is 5.64. The minimum atomic E-state index is 0.121. The zero-order valence-corrected chi connectivity index (χ0v) is 30.1. The fourth-order valence-electron chi connectivity index (χ4n) is 8.92. The highest BCUT2D eigenvalue weighted by molar-refractivity contribution is 5.89. The number of aromatic nitrogens is 3. The van der Waals surface area contributed by atoms with Crippen LogP contribution in [0.25, 0.3) is 78.7 Å². The number of hydrogen-bond acceptors (Lipinski definition) is 3. The van der Waals surface area contributed by atoms with E-state index in [0.29, 0.717) is 17.5 Å². The van der Waals surface area contributed by atoms with Gasteiger partial charge in [0.15, 0.2) is 17.5 Å². The molecular weight excluding hydrogens is 655 g/mol. The van der Waals surface area contributed by atoms with Crippen molar-refractivity contribution in [2.24, 2.45) is 0 Å². The first-order valence-electron chi connectivity index (χ1n) is 19.2. The smallest absolute Gasteiger partial charge is 0.164 e. The molecule has 2 aliphatic rings. The first kappa shape index (κ1) is 32.2. The molecule has 1 fully saturated rings. The molecule has 8 aromatic rings. The van der Waals surface area contributed by atoms with Crippen molar-refractivity contribution >= 4 is 0 Å². The van der Waals surface area contributed by atoms with Gasteiger partial charge >= 0.3 is 0 Å². The molecule has 1 heterocycles. The second kappa shape index (κ2) is 13.5. The van der Waals surface area contributed by atoms with Gasteiger partial charge in [-0.05, 0) is 68.5 Å². The van der Waals surface area contributed by atoms with E-state index in [1.807, 2.05) is 36.4 Å². The van der Waals surface area contributed by atoms with Crippen molar-refractivity contribution in [1.29, 1.82) is 0 Å². The van der Waals surface area contributed by atoms with E-state index >= 15 is 0 Å². The van der Waals surface area contributed by atoms with Gasteiger partial charge in [0.1, 0.15) is 0 Å². The second-order valence-electron chi connectivity index (χ2n) is 14.7. The standard InChI is InChI=1S/C51H39N3/c1-4-13-35(14-5-1)36-23-29-41(30-24-36)49-52-48(40-15-6-2-7-16-40)53-50(54-49)42-31-25-38(26-32-42)37-21-27-39(28-22-37)43-18-12-19-45-44-17-8-9-20-46(44)51(47(43)45)33-10-3-11-34-51/h1-2,4-9,12-32H,3,10-11,33-34H2. The number of fused-ring (bicyclic) bond motifs is 5. The quantitative estimate of drug-likeness (QED) is 0.174. The maximum atomic E-state index is 5.01. The highest BCUT2D eigenvalue weighted by Gasteiger charge is 2.45. The molecule has 1 spiro atoms. The summed E-state index contributed by atoms with van der Waals surface area (Å²) in [5.74, 6) is 1.97. The zero-order chi connectivity index (χ0) is 35.9. The third-order valence-corrected chi connectivity index (χ3v) is 11.6. The Morgan fingerprint density at radius 1 is 0.296 bits per heavy atom. The predicted molar refractivity (Wildman–Crippen MR) is 222 cm³/mol. The normalized spacial score (nSPS) is 14.1. The van der Waals surface area contributed by atoms with Crippen LogP contribution >= 0.6 is 0 Å². The molecule has 0 bridgehead atoms. The van der Waals surface area contributed by atoms with Crippen LogP contribution in [0.3, 0.4) is 0 Å². The lowest BCUT2D eigenvalue weighted by Gasteiger charge is -2.37. The van der Waals surface area contributed by atoms with Crippen LogP contribution < -0.4 is 0 Å². The largest absolute Gasteiger partial charge is 0.208 e. The summed E-state index contributed by atoms with van der Waals surface area (Å²) >= 11 is 0. The molecule has 3 heteroatoms. The van der Waals surface area contributed by atoms with Gasteiger partial charge in [0.25, 0.3) is 0 Å². The van der Waals surface area contributed by atoms with Crippen molar-refractivity contribution in [3.05, 3.63) is 187 Å². The Hall–Kier alpha value is -6.45. The summed E-state index contributed by atoms with van der Waals surface area (Å²) in [7, 11) is 0. The van der Waals surface area contributed by atoms with Crippen molar-refractivity contribution in [3.63, 3.8) is 0 Å². The lowest BCUT2D eigenvalue weighted by molar-refractivity contribution is 0.353. The molecule has 2 aliphatic carbocycles. The molecule has 1 saturated carbocycles. The summed E-state index contributed by atoms with van der Waals surface area (Å²) in [6.07, 6.45) is 6.38. The molecule has 258 valence electrons. The third-order valence-electron chi connectivity index (χ3n) is 11.6. The molecule has 54 heavy (non-hydrogen) atoms. The number of nitrogens with zero attached hydrogens (tertiary/aromatic N) is 3. The monoisotopic (exact) mass is 693 g/mol. The van der Waals surface area contributed by atoms with Crippen molar-refractivity contribution in [2.45, 2.75) is 37.5 Å². The van der Waals surface area contributed by atoms with E-state index in [9.17, 15) is 0 Å². The molecule has 3 nitrogen and oxygen atoms in total. The minimum absolute atomic E-state index is 0.121. The van der Waals surface area contributed by atoms with Crippen molar-refractivity contribution in [3.8, 4) is 78.7 Å². The Morgan fingerprint density at radius 3 is 1.24 bits per heavy atom. The van der Waals surface area contributed by atoms with Gasteiger partial charge in [-0.25, -0.2) is 15.0 Å². The molecule has 0 saturated heterocycles. The summed E-state index contributed by atoms with van der Waals surface area (Å²) in [5.41, 5.74) is 16.3. The van der Waals surface area contributed by atoms with E-state index in [-0.39, 0.29) is 5.41 Å². The first-order valence-corrected chi connectivity index (χ1v) is 19.2. The second-order valence-corrected chi connectivity index (χ2v) is 14.7. The fraction of sp³-hybridized carbons (Fsp3) is 0.118. The SMILES string of the molecule is c1ccc(-c2ccc(-c3nc(-c4ccccc4)nc(-c4ccc(-c5ccc(-c6cccc7c6C6(CCCCC6)c6ccccc6-7)cc5)cc4)n3)cc2)cc1. The highest BCUT2D eigenvalue weighted by atomic mass is 15.0. The van der Waals surface area contributed by atoms with E-state index in [0.717, 1.165) is 27.8 Å². The van der Waals surface area contributed by atoms with Crippen molar-refractivity contribution in [2.75, 3.05) is 0 Å². The molecule has 7 aromatic carbocycles. The molecule has 0 amide bonds. The summed E-state index contributed by atoms with van der Waals surface area (Å²) in [4.78, 5) is 14.9. The molecule has 0 atom stereocenters. The molecule has 0 unspecified atom stereocenters. The lowest BCUT2D eigenvalue weighted by Crippen LogP contribution is -2.28. The average Bonchev–Trinajstić information content (AvgIpc) is 3.53. The number of rotatable bonds is 6. The van der Waals surface area contributed by atoms with Crippen LogP contribution in [0.1, 0.15) is 43.2 Å². The van der Waals surface area contributed by atoms with Gasteiger partial charge in [-0.15, -0.1) is 0 Å². The average molecular weight is 694 g/mol. The zero-order valence-electron chi connectivity index (χ0n) is 30.1. The van der Waals surface area contributed by atoms with Gasteiger partial charge in [-0.2, -0.15) is 0 Å². The van der Waals surface area contributed by atoms with Gasteiger partial charge in [0, 0.05) is 22.1 Å². The molecule has 0 aliphatic heterocycles. The van der Waals surface area contributed by atoms with Gasteiger partial charge in [0.05, 0.1) is 0 Å². The summed E-state index contributed by atoms with van der Waals surface area (Å²) in [6.45, 7) is 0. The summed E-state index contributed by atoms with van der Waals surface area (Å²) < 4.78 is 0. The Morgan fingerprint density at radius 2 is 0.685 bits per heavy atom. The topological polar surface area (TPSA) is 38.7 Å². The Balaban J connectivity index is 0.968. The van der Waals surface area contributed by atoms with Crippen LogP contribution in [-0.2, 0) is 5.41 Å². The molecular formula is C51H39N3. The van der Waals surface area contributed by atoms with Gasteiger partial charge in [-0.3, -0.25) is 0 Å². The Labute approximate surface area is 317 Å². The maximum Gasteiger partial charge on any atom is 0.164 e. The van der Waals surface area contributed by atoms with Gasteiger partial charge in [-0.1, -0.05) is 195 Å². The van der Waals surface area contributed by atoms with E-state index in [1.165, 1.54) is 71.0 Å². The number of benzene rings is 7. The van der Waals surface area contributed by atoms with Crippen molar-refractivity contribution < 1.29 is 0 Å². The van der Waals surface area contributed by atoms with Crippen LogP contribution in [0.5, 0.6) is 0 Å². The predicted octanol–water partition coefficient (Wildman–Crippen LogP) is 13.1. The van der Waals surface area contributed by atoms with E-state index < -0.39 is 0 Å². The van der Waals surface area contributed by atoms with E-state index in [1.54, 1.807) is 5.56 Å². The highest BCUT2D eigenvalue weighted by Crippen LogP contribution is 2.58.